The zero-order chi connectivity index (χ0) is 12.4. The molecule has 0 aromatic carbocycles. The number of rotatable bonds is 3. The van der Waals surface area contributed by atoms with Crippen molar-refractivity contribution >= 4 is 39.0 Å². The minimum absolute atomic E-state index is 0.687. The van der Waals surface area contributed by atoms with Crippen LogP contribution in [0.5, 0.6) is 0 Å². The van der Waals surface area contributed by atoms with Gasteiger partial charge in [0.15, 0.2) is 0 Å². The van der Waals surface area contributed by atoms with E-state index in [4.69, 9.17) is 4.52 Å². The summed E-state index contributed by atoms with van der Waals surface area (Å²) in [6.07, 6.45) is 0. The summed E-state index contributed by atoms with van der Waals surface area (Å²) in [4.78, 5) is 7.84. The van der Waals surface area contributed by atoms with Crippen LogP contribution < -0.4 is 0 Å². The van der Waals surface area contributed by atoms with Gasteiger partial charge in [-0.3, -0.25) is 4.90 Å². The molecule has 2 aromatic rings. The van der Waals surface area contributed by atoms with Crippen LogP contribution in [0.3, 0.4) is 0 Å². The molecule has 3 heterocycles. The highest BCUT2D eigenvalue weighted by Gasteiger charge is 2.16. The lowest BCUT2D eigenvalue weighted by Gasteiger charge is -2.24. The van der Waals surface area contributed by atoms with E-state index < -0.39 is 0 Å². The number of hydrogen-bond acceptors (Lipinski definition) is 6. The van der Waals surface area contributed by atoms with Crippen molar-refractivity contribution in [3.05, 3.63) is 21.8 Å². The van der Waals surface area contributed by atoms with E-state index in [9.17, 15) is 0 Å². The third-order valence-corrected chi connectivity index (χ3v) is 5.29. The normalized spacial score (nSPS) is 17.2. The summed E-state index contributed by atoms with van der Waals surface area (Å²) in [5, 5.41) is 4.04. The predicted molar refractivity (Wildman–Crippen MR) is 77.9 cm³/mol. The van der Waals surface area contributed by atoms with Gasteiger partial charge in [0.1, 0.15) is 0 Å². The fourth-order valence-electron chi connectivity index (χ4n) is 1.80. The molecule has 0 bridgehead atoms. The Hall–Kier alpha value is -0.370. The number of nitrogens with zero attached hydrogens (tertiary/aromatic N) is 3. The molecule has 1 aliphatic rings. The molecule has 0 radical (unpaired) electrons. The van der Waals surface area contributed by atoms with Crippen molar-refractivity contribution < 1.29 is 4.52 Å². The van der Waals surface area contributed by atoms with E-state index in [2.05, 4.69) is 31.0 Å². The Bertz CT molecular complexity index is 522. The van der Waals surface area contributed by atoms with Crippen molar-refractivity contribution in [2.45, 2.75) is 6.54 Å². The molecule has 2 aromatic heterocycles. The van der Waals surface area contributed by atoms with Gasteiger partial charge >= 0.3 is 0 Å². The van der Waals surface area contributed by atoms with Crippen molar-refractivity contribution in [3.63, 3.8) is 0 Å². The third kappa shape index (κ3) is 2.96. The van der Waals surface area contributed by atoms with Crippen LogP contribution in [0.25, 0.3) is 10.7 Å². The monoisotopic (exact) mass is 345 g/mol. The van der Waals surface area contributed by atoms with E-state index in [1.165, 1.54) is 11.5 Å². The van der Waals surface area contributed by atoms with Gasteiger partial charge in [-0.1, -0.05) is 5.16 Å². The van der Waals surface area contributed by atoms with Gasteiger partial charge < -0.3 is 4.52 Å². The van der Waals surface area contributed by atoms with E-state index in [0.717, 1.165) is 28.3 Å². The van der Waals surface area contributed by atoms with Crippen LogP contribution in [0.4, 0.5) is 0 Å². The molecule has 3 rings (SSSR count). The van der Waals surface area contributed by atoms with Crippen LogP contribution in [0.1, 0.15) is 5.89 Å². The van der Waals surface area contributed by atoms with Crippen molar-refractivity contribution in [3.8, 4) is 10.7 Å². The van der Waals surface area contributed by atoms with Crippen molar-refractivity contribution in [2.24, 2.45) is 0 Å². The Labute approximate surface area is 122 Å². The Morgan fingerprint density at radius 1 is 1.33 bits per heavy atom. The maximum absolute atomic E-state index is 5.31. The summed E-state index contributed by atoms with van der Waals surface area (Å²) < 4.78 is 6.39. The van der Waals surface area contributed by atoms with Gasteiger partial charge in [-0.25, -0.2) is 0 Å². The summed E-state index contributed by atoms with van der Waals surface area (Å²) in [5.41, 5.74) is 0. The Morgan fingerprint density at radius 2 is 2.17 bits per heavy atom. The number of thiophene rings is 1. The van der Waals surface area contributed by atoms with Crippen LogP contribution in [-0.2, 0) is 6.54 Å². The van der Waals surface area contributed by atoms with Gasteiger partial charge in [-0.2, -0.15) is 16.7 Å². The molecule has 96 valence electrons. The fraction of sp³-hybridized carbons (Fsp3) is 0.455. The number of halogens is 1. The van der Waals surface area contributed by atoms with Crippen molar-refractivity contribution in [2.75, 3.05) is 24.6 Å². The van der Waals surface area contributed by atoms with Crippen LogP contribution in [0, 0.1) is 0 Å². The van der Waals surface area contributed by atoms with E-state index in [1.54, 1.807) is 11.3 Å². The van der Waals surface area contributed by atoms with E-state index >= 15 is 0 Å². The third-order valence-electron chi connectivity index (χ3n) is 2.72. The van der Waals surface area contributed by atoms with E-state index in [-0.39, 0.29) is 0 Å². The highest BCUT2D eigenvalue weighted by atomic mass is 79.9. The predicted octanol–water partition coefficient (Wildman–Crippen LogP) is 3.11. The molecule has 0 atom stereocenters. The van der Waals surface area contributed by atoms with Gasteiger partial charge in [-0.15, -0.1) is 11.3 Å². The molecule has 0 amide bonds. The molecular formula is C11H12BrN3OS2. The molecule has 1 fully saturated rings. The van der Waals surface area contributed by atoms with Crippen LogP contribution in [-0.4, -0.2) is 39.6 Å². The first-order valence-corrected chi connectivity index (χ1v) is 8.46. The van der Waals surface area contributed by atoms with Gasteiger partial charge in [0, 0.05) is 24.6 Å². The van der Waals surface area contributed by atoms with Gasteiger partial charge in [-0.05, 0) is 28.1 Å². The highest BCUT2D eigenvalue weighted by molar-refractivity contribution is 9.11. The summed E-state index contributed by atoms with van der Waals surface area (Å²) in [6.45, 7) is 2.97. The van der Waals surface area contributed by atoms with E-state index in [0.29, 0.717) is 11.7 Å². The second-order valence-electron chi connectivity index (χ2n) is 4.00. The largest absolute Gasteiger partial charge is 0.338 e. The molecule has 0 saturated carbocycles. The molecule has 4 nitrogen and oxygen atoms in total. The minimum Gasteiger partial charge on any atom is -0.338 e. The molecule has 0 spiro atoms. The number of aromatic nitrogens is 2. The molecule has 18 heavy (non-hydrogen) atoms. The zero-order valence-electron chi connectivity index (χ0n) is 9.63. The second-order valence-corrected chi connectivity index (χ2v) is 7.69. The van der Waals surface area contributed by atoms with Gasteiger partial charge in [0.05, 0.1) is 15.2 Å². The molecule has 1 aliphatic heterocycles. The zero-order valence-corrected chi connectivity index (χ0v) is 12.9. The minimum atomic E-state index is 0.687. The second kappa shape index (κ2) is 5.73. The first-order valence-electron chi connectivity index (χ1n) is 5.70. The Morgan fingerprint density at radius 3 is 2.89 bits per heavy atom. The first kappa shape index (κ1) is 12.7. The van der Waals surface area contributed by atoms with Crippen molar-refractivity contribution in [1.29, 1.82) is 0 Å². The number of thioether (sulfide) groups is 1. The fourth-order valence-corrected chi connectivity index (χ4v) is 4.09. The molecule has 0 aliphatic carbocycles. The molecule has 1 saturated heterocycles. The topological polar surface area (TPSA) is 42.2 Å². The average molecular weight is 346 g/mol. The standard InChI is InChI=1S/C11H12BrN3OS2/c12-9-2-1-8(18-9)11-13-10(16-14-11)7-15-3-5-17-6-4-15/h1-2H,3-7H2. The summed E-state index contributed by atoms with van der Waals surface area (Å²) >= 11 is 7.05. The van der Waals surface area contributed by atoms with Gasteiger partial charge in [0.25, 0.3) is 0 Å². The summed E-state index contributed by atoms with van der Waals surface area (Å²) in [5.74, 6) is 3.78. The van der Waals surface area contributed by atoms with Crippen molar-refractivity contribution in [1.82, 2.24) is 15.0 Å². The highest BCUT2D eigenvalue weighted by Crippen LogP contribution is 2.29. The lowest BCUT2D eigenvalue weighted by atomic mass is 10.4. The smallest absolute Gasteiger partial charge is 0.241 e. The maximum Gasteiger partial charge on any atom is 0.241 e. The average Bonchev–Trinajstić information content (AvgIpc) is 2.99. The molecule has 0 unspecified atom stereocenters. The van der Waals surface area contributed by atoms with Gasteiger partial charge in [0.2, 0.25) is 11.7 Å². The van der Waals surface area contributed by atoms with Crippen LogP contribution in [0.2, 0.25) is 0 Å². The SMILES string of the molecule is Brc1ccc(-c2noc(CN3CCSCC3)n2)s1. The summed E-state index contributed by atoms with van der Waals surface area (Å²) in [6, 6.07) is 4.00. The Kier molecular flexibility index (Phi) is 4.03. The Balaban J connectivity index is 1.69. The summed E-state index contributed by atoms with van der Waals surface area (Å²) in [7, 11) is 0. The quantitative estimate of drug-likeness (QED) is 0.854. The maximum atomic E-state index is 5.31. The molecule has 0 N–H and O–H groups in total. The van der Waals surface area contributed by atoms with E-state index in [1.807, 2.05) is 23.9 Å². The van der Waals surface area contributed by atoms with Crippen LogP contribution in [0.15, 0.2) is 20.4 Å². The molecule has 7 heteroatoms. The molecular weight excluding hydrogens is 334 g/mol. The lowest BCUT2D eigenvalue weighted by molar-refractivity contribution is 0.245. The van der Waals surface area contributed by atoms with Crippen LogP contribution >= 0.6 is 39.0 Å². The lowest BCUT2D eigenvalue weighted by Crippen LogP contribution is -2.32. The first-order chi connectivity index (χ1) is 8.81. The number of hydrogen-bond donors (Lipinski definition) is 0.